The Labute approximate surface area is 149 Å². The molecule has 0 saturated heterocycles. The molecule has 1 amide bonds. The van der Waals surface area contributed by atoms with Gasteiger partial charge in [-0.05, 0) is 30.4 Å². The highest BCUT2D eigenvalue weighted by atomic mass is 16.5. The topological polar surface area (TPSA) is 87.7 Å². The minimum Gasteiger partial charge on any atom is -0.452 e. The molecule has 3 N–H and O–H groups in total. The van der Waals surface area contributed by atoms with E-state index in [1.54, 1.807) is 24.3 Å². The van der Waals surface area contributed by atoms with E-state index in [-0.39, 0.29) is 25.2 Å². The van der Waals surface area contributed by atoms with Crippen molar-refractivity contribution in [2.45, 2.75) is 39.2 Å². The van der Waals surface area contributed by atoms with Crippen LogP contribution in [0.2, 0.25) is 0 Å². The van der Waals surface area contributed by atoms with Gasteiger partial charge in [0.1, 0.15) is 0 Å². The fourth-order valence-corrected chi connectivity index (χ4v) is 3.25. The number of hydrogen-bond donors (Lipinski definition) is 3. The summed E-state index contributed by atoms with van der Waals surface area (Å²) in [5, 5.41) is 14.8. The van der Waals surface area contributed by atoms with Gasteiger partial charge in [0, 0.05) is 18.3 Å². The Hall–Kier alpha value is -2.08. The number of benzene rings is 1. The molecule has 1 aromatic carbocycles. The Kier molecular flexibility index (Phi) is 7.25. The second-order valence-corrected chi connectivity index (χ2v) is 6.71. The van der Waals surface area contributed by atoms with Gasteiger partial charge in [-0.15, -0.1) is 0 Å². The highest BCUT2D eigenvalue weighted by Crippen LogP contribution is 2.29. The number of esters is 1. The lowest BCUT2D eigenvalue weighted by atomic mass is 9.78. The molecule has 25 heavy (non-hydrogen) atoms. The predicted octanol–water partition coefficient (Wildman–Crippen LogP) is 2.19. The SMILES string of the molecule is C[C@H]1[C@@H](NC(=O)COC(=O)c2ccccc2NCCO)CCC[C@@H]1C. The molecule has 0 heterocycles. The van der Waals surface area contributed by atoms with Gasteiger partial charge in [-0.3, -0.25) is 4.79 Å². The van der Waals surface area contributed by atoms with Crippen LogP contribution in [0, 0.1) is 11.8 Å². The highest BCUT2D eigenvalue weighted by molar-refractivity contribution is 5.96. The first-order valence-electron chi connectivity index (χ1n) is 8.93. The summed E-state index contributed by atoms with van der Waals surface area (Å²) >= 11 is 0. The average Bonchev–Trinajstić information content (AvgIpc) is 2.62. The van der Waals surface area contributed by atoms with Crippen molar-refractivity contribution >= 4 is 17.6 Å². The molecule has 0 bridgehead atoms. The number of para-hydroxylation sites is 1. The molecule has 0 spiro atoms. The first kappa shape index (κ1) is 19.2. The molecule has 2 rings (SSSR count). The van der Waals surface area contributed by atoms with Crippen LogP contribution in [0.4, 0.5) is 5.69 Å². The number of amides is 1. The first-order chi connectivity index (χ1) is 12.0. The van der Waals surface area contributed by atoms with Gasteiger partial charge in [0.2, 0.25) is 0 Å². The number of rotatable bonds is 7. The Bertz CT molecular complexity index is 591. The number of aliphatic hydroxyl groups excluding tert-OH is 1. The Balaban J connectivity index is 1.86. The quantitative estimate of drug-likeness (QED) is 0.658. The fourth-order valence-electron chi connectivity index (χ4n) is 3.25. The molecule has 1 fully saturated rings. The van der Waals surface area contributed by atoms with E-state index >= 15 is 0 Å². The van der Waals surface area contributed by atoms with Crippen LogP contribution < -0.4 is 10.6 Å². The number of ether oxygens (including phenoxy) is 1. The molecule has 6 heteroatoms. The van der Waals surface area contributed by atoms with Gasteiger partial charge >= 0.3 is 5.97 Å². The second kappa shape index (κ2) is 9.42. The van der Waals surface area contributed by atoms with Crippen LogP contribution in [0.3, 0.4) is 0 Å². The molecule has 0 aromatic heterocycles. The summed E-state index contributed by atoms with van der Waals surface area (Å²) in [6, 6.07) is 7.02. The maximum atomic E-state index is 12.2. The van der Waals surface area contributed by atoms with Gasteiger partial charge in [-0.1, -0.05) is 38.8 Å². The lowest BCUT2D eigenvalue weighted by Gasteiger charge is -2.34. The van der Waals surface area contributed by atoms with Crippen molar-refractivity contribution in [1.29, 1.82) is 0 Å². The van der Waals surface area contributed by atoms with E-state index in [1.807, 2.05) is 0 Å². The van der Waals surface area contributed by atoms with E-state index in [0.717, 1.165) is 12.8 Å². The van der Waals surface area contributed by atoms with Crippen molar-refractivity contribution in [3.8, 4) is 0 Å². The summed E-state index contributed by atoms with van der Waals surface area (Å²) < 4.78 is 5.16. The zero-order valence-electron chi connectivity index (χ0n) is 15.0. The van der Waals surface area contributed by atoms with Crippen LogP contribution >= 0.6 is 0 Å². The van der Waals surface area contributed by atoms with Crippen LogP contribution in [-0.2, 0) is 9.53 Å². The maximum Gasteiger partial charge on any atom is 0.340 e. The third-order valence-corrected chi connectivity index (χ3v) is 4.96. The van der Waals surface area contributed by atoms with Crippen LogP contribution in [-0.4, -0.2) is 42.8 Å². The van der Waals surface area contributed by atoms with Crippen molar-refractivity contribution in [2.24, 2.45) is 11.8 Å². The normalized spacial score (nSPS) is 22.9. The first-order valence-corrected chi connectivity index (χ1v) is 8.93. The molecule has 0 aliphatic heterocycles. The van der Waals surface area contributed by atoms with E-state index in [2.05, 4.69) is 24.5 Å². The number of nitrogens with one attached hydrogen (secondary N) is 2. The van der Waals surface area contributed by atoms with Crippen molar-refractivity contribution in [2.75, 3.05) is 25.1 Å². The standard InChI is InChI=1S/C19H28N2O4/c1-13-6-5-9-16(14(13)2)21-18(23)12-25-19(24)15-7-3-4-8-17(15)20-10-11-22/h3-4,7-8,13-14,16,20,22H,5-6,9-12H2,1-2H3,(H,21,23)/t13-,14+,16-/m0/s1. The zero-order valence-corrected chi connectivity index (χ0v) is 15.0. The molecule has 138 valence electrons. The van der Waals surface area contributed by atoms with E-state index in [0.29, 0.717) is 29.6 Å². The Morgan fingerprint density at radius 2 is 2.00 bits per heavy atom. The number of anilines is 1. The minimum atomic E-state index is -0.554. The Morgan fingerprint density at radius 3 is 2.76 bits per heavy atom. The van der Waals surface area contributed by atoms with Crippen LogP contribution in [0.25, 0.3) is 0 Å². The van der Waals surface area contributed by atoms with Crippen molar-refractivity contribution in [1.82, 2.24) is 5.32 Å². The zero-order chi connectivity index (χ0) is 18.2. The van der Waals surface area contributed by atoms with E-state index in [1.165, 1.54) is 6.42 Å². The second-order valence-electron chi connectivity index (χ2n) is 6.71. The lowest BCUT2D eigenvalue weighted by Crippen LogP contribution is -2.45. The molecule has 0 radical (unpaired) electrons. The van der Waals surface area contributed by atoms with Crippen LogP contribution in [0.1, 0.15) is 43.5 Å². The minimum absolute atomic E-state index is 0.0379. The Morgan fingerprint density at radius 1 is 1.24 bits per heavy atom. The van der Waals surface area contributed by atoms with E-state index in [9.17, 15) is 9.59 Å². The van der Waals surface area contributed by atoms with Gasteiger partial charge in [-0.25, -0.2) is 4.79 Å². The highest BCUT2D eigenvalue weighted by Gasteiger charge is 2.28. The molecular formula is C19H28N2O4. The van der Waals surface area contributed by atoms with Gasteiger partial charge in [0.15, 0.2) is 6.61 Å². The molecule has 1 aliphatic carbocycles. The van der Waals surface area contributed by atoms with Gasteiger partial charge < -0.3 is 20.5 Å². The summed E-state index contributed by atoms with van der Waals surface area (Å²) in [4.78, 5) is 24.4. The fraction of sp³-hybridized carbons (Fsp3) is 0.579. The molecule has 1 saturated carbocycles. The molecule has 6 nitrogen and oxygen atoms in total. The van der Waals surface area contributed by atoms with Crippen molar-refractivity contribution < 1.29 is 19.4 Å². The van der Waals surface area contributed by atoms with Crippen molar-refractivity contribution in [3.05, 3.63) is 29.8 Å². The molecule has 3 atom stereocenters. The smallest absolute Gasteiger partial charge is 0.340 e. The maximum absolute atomic E-state index is 12.2. The molecule has 1 aliphatic rings. The summed E-state index contributed by atoms with van der Waals surface area (Å²) in [7, 11) is 0. The lowest BCUT2D eigenvalue weighted by molar-refractivity contribution is -0.125. The summed E-state index contributed by atoms with van der Waals surface area (Å²) in [6.07, 6.45) is 3.28. The van der Waals surface area contributed by atoms with E-state index < -0.39 is 5.97 Å². The number of aliphatic hydroxyl groups is 1. The predicted molar refractivity (Wildman–Crippen MR) is 96.4 cm³/mol. The number of carbonyl (C=O) groups excluding carboxylic acids is 2. The largest absolute Gasteiger partial charge is 0.452 e. The summed E-state index contributed by atoms with van der Waals surface area (Å²) in [6.45, 7) is 4.38. The summed E-state index contributed by atoms with van der Waals surface area (Å²) in [5.41, 5.74) is 0.931. The molecular weight excluding hydrogens is 320 g/mol. The van der Waals surface area contributed by atoms with Crippen molar-refractivity contribution in [3.63, 3.8) is 0 Å². The van der Waals surface area contributed by atoms with Gasteiger partial charge in [-0.2, -0.15) is 0 Å². The molecule has 0 unspecified atom stereocenters. The monoisotopic (exact) mass is 348 g/mol. The summed E-state index contributed by atoms with van der Waals surface area (Å²) in [5.74, 6) is 0.198. The van der Waals surface area contributed by atoms with Crippen LogP contribution in [0.5, 0.6) is 0 Å². The average molecular weight is 348 g/mol. The van der Waals surface area contributed by atoms with E-state index in [4.69, 9.17) is 9.84 Å². The number of carbonyl (C=O) groups is 2. The molecule has 1 aromatic rings. The third kappa shape index (κ3) is 5.46. The third-order valence-electron chi connectivity index (χ3n) is 4.96. The number of hydrogen-bond acceptors (Lipinski definition) is 5. The van der Waals surface area contributed by atoms with Crippen LogP contribution in [0.15, 0.2) is 24.3 Å². The van der Waals surface area contributed by atoms with Gasteiger partial charge in [0.05, 0.1) is 12.2 Å². The van der Waals surface area contributed by atoms with Gasteiger partial charge in [0.25, 0.3) is 5.91 Å².